The molecule has 0 saturated heterocycles. The summed E-state index contributed by atoms with van der Waals surface area (Å²) in [6.07, 6.45) is -0.972. The van der Waals surface area contributed by atoms with Gasteiger partial charge in [0, 0.05) is 11.9 Å². The van der Waals surface area contributed by atoms with Gasteiger partial charge in [0.2, 0.25) is 10.0 Å². The van der Waals surface area contributed by atoms with Crippen molar-refractivity contribution in [1.29, 1.82) is 0 Å². The van der Waals surface area contributed by atoms with Crippen LogP contribution < -0.4 is 4.72 Å². The molecule has 0 radical (unpaired) electrons. The van der Waals surface area contributed by atoms with E-state index in [4.69, 9.17) is 5.11 Å². The van der Waals surface area contributed by atoms with E-state index < -0.39 is 22.1 Å². The van der Waals surface area contributed by atoms with Gasteiger partial charge >= 0.3 is 5.97 Å². The van der Waals surface area contributed by atoms with E-state index >= 15 is 0 Å². The summed E-state index contributed by atoms with van der Waals surface area (Å²) in [5.74, 6) is -1.18. The molecule has 1 aromatic heterocycles. The number of thiophene rings is 1. The molecule has 1 atom stereocenters. The number of sulfonamides is 1. The SMILES string of the molecule is O=C(O)c1csc(S(=O)(=O)NCC(O)c2ccccc2)c1. The molecule has 112 valence electrons. The van der Waals surface area contributed by atoms with Crippen molar-refractivity contribution in [3.8, 4) is 0 Å². The van der Waals surface area contributed by atoms with Gasteiger partial charge in [-0.25, -0.2) is 17.9 Å². The average Bonchev–Trinajstić information content (AvgIpc) is 2.97. The molecule has 3 N–H and O–H groups in total. The minimum absolute atomic E-state index is 0.0796. The van der Waals surface area contributed by atoms with E-state index in [-0.39, 0.29) is 16.3 Å². The second-order valence-electron chi connectivity index (χ2n) is 4.24. The predicted octanol–water partition coefficient (Wildman–Crippen LogP) is 1.46. The summed E-state index contributed by atoms with van der Waals surface area (Å²) in [5.41, 5.74) is 0.515. The second kappa shape index (κ2) is 6.35. The number of carbonyl (C=O) groups is 1. The molecule has 1 unspecified atom stereocenters. The number of rotatable bonds is 6. The fraction of sp³-hybridized carbons (Fsp3) is 0.154. The van der Waals surface area contributed by atoms with Crippen LogP contribution in [0.15, 0.2) is 46.0 Å². The topological polar surface area (TPSA) is 104 Å². The van der Waals surface area contributed by atoms with Crippen LogP contribution in [0.5, 0.6) is 0 Å². The van der Waals surface area contributed by atoms with Gasteiger partial charge < -0.3 is 10.2 Å². The Balaban J connectivity index is 2.06. The number of hydrogen-bond donors (Lipinski definition) is 3. The van der Waals surface area contributed by atoms with Crippen LogP contribution in [0.4, 0.5) is 0 Å². The first-order chi connectivity index (χ1) is 9.90. The third-order valence-corrected chi connectivity index (χ3v) is 5.60. The second-order valence-corrected chi connectivity index (χ2v) is 7.14. The highest BCUT2D eigenvalue weighted by atomic mass is 32.2. The lowest BCUT2D eigenvalue weighted by Crippen LogP contribution is -2.28. The van der Waals surface area contributed by atoms with Crippen LogP contribution in [0, 0.1) is 0 Å². The fourth-order valence-corrected chi connectivity index (χ4v) is 3.86. The van der Waals surface area contributed by atoms with Crippen molar-refractivity contribution < 1.29 is 23.4 Å². The fourth-order valence-electron chi connectivity index (χ4n) is 1.62. The highest BCUT2D eigenvalue weighted by Gasteiger charge is 2.20. The Morgan fingerprint density at radius 1 is 1.29 bits per heavy atom. The van der Waals surface area contributed by atoms with Gasteiger partial charge in [-0.15, -0.1) is 11.3 Å². The first kappa shape index (κ1) is 15.6. The van der Waals surface area contributed by atoms with Gasteiger partial charge in [0.1, 0.15) is 4.21 Å². The smallest absolute Gasteiger partial charge is 0.336 e. The maximum absolute atomic E-state index is 12.0. The van der Waals surface area contributed by atoms with Gasteiger partial charge in [-0.1, -0.05) is 30.3 Å². The van der Waals surface area contributed by atoms with E-state index in [1.54, 1.807) is 30.3 Å². The van der Waals surface area contributed by atoms with Gasteiger partial charge in [0.05, 0.1) is 11.7 Å². The lowest BCUT2D eigenvalue weighted by atomic mass is 10.1. The maximum Gasteiger partial charge on any atom is 0.336 e. The number of aromatic carboxylic acids is 1. The van der Waals surface area contributed by atoms with Crippen molar-refractivity contribution in [3.05, 3.63) is 52.9 Å². The van der Waals surface area contributed by atoms with Crippen LogP contribution in [0.3, 0.4) is 0 Å². The van der Waals surface area contributed by atoms with Crippen LogP contribution in [-0.2, 0) is 10.0 Å². The summed E-state index contributed by atoms with van der Waals surface area (Å²) in [6, 6.07) is 9.74. The first-order valence-corrected chi connectivity index (χ1v) is 8.31. The zero-order valence-corrected chi connectivity index (χ0v) is 12.4. The van der Waals surface area contributed by atoms with Crippen molar-refractivity contribution in [2.75, 3.05) is 6.54 Å². The minimum Gasteiger partial charge on any atom is -0.478 e. The van der Waals surface area contributed by atoms with Crippen molar-refractivity contribution in [2.45, 2.75) is 10.3 Å². The van der Waals surface area contributed by atoms with Crippen molar-refractivity contribution in [1.82, 2.24) is 4.72 Å². The summed E-state index contributed by atoms with van der Waals surface area (Å²) < 4.78 is 26.2. The highest BCUT2D eigenvalue weighted by Crippen LogP contribution is 2.20. The zero-order chi connectivity index (χ0) is 15.5. The van der Waals surface area contributed by atoms with Crippen LogP contribution >= 0.6 is 11.3 Å². The summed E-state index contributed by atoms with van der Waals surface area (Å²) in [5, 5.41) is 19.9. The normalized spacial score (nSPS) is 13.0. The van der Waals surface area contributed by atoms with Gasteiger partial charge in [-0.2, -0.15) is 0 Å². The van der Waals surface area contributed by atoms with Crippen LogP contribution in [-0.4, -0.2) is 31.1 Å². The zero-order valence-electron chi connectivity index (χ0n) is 10.8. The molecule has 2 rings (SSSR count). The lowest BCUT2D eigenvalue weighted by molar-refractivity contribution is 0.0697. The van der Waals surface area contributed by atoms with E-state index in [1.165, 1.54) is 5.38 Å². The Hall–Kier alpha value is -1.74. The van der Waals surface area contributed by atoms with E-state index in [1.807, 2.05) is 0 Å². The average molecular weight is 327 g/mol. The van der Waals surface area contributed by atoms with Crippen molar-refractivity contribution in [2.24, 2.45) is 0 Å². The quantitative estimate of drug-likeness (QED) is 0.745. The molecule has 0 amide bonds. The number of nitrogens with one attached hydrogen (secondary N) is 1. The number of hydrogen-bond acceptors (Lipinski definition) is 5. The molecule has 0 aliphatic rings. The summed E-state index contributed by atoms with van der Waals surface area (Å²) >= 11 is 0.819. The van der Waals surface area contributed by atoms with Crippen molar-refractivity contribution >= 4 is 27.3 Å². The Morgan fingerprint density at radius 3 is 2.52 bits per heavy atom. The Morgan fingerprint density at radius 2 is 1.95 bits per heavy atom. The molecule has 8 heteroatoms. The Labute approximate surface area is 125 Å². The Kier molecular flexibility index (Phi) is 4.73. The molecule has 1 aromatic carbocycles. The van der Waals surface area contributed by atoms with Gasteiger partial charge in [0.15, 0.2) is 0 Å². The van der Waals surface area contributed by atoms with E-state index in [0.717, 1.165) is 17.4 Å². The summed E-state index contributed by atoms with van der Waals surface area (Å²) in [6.45, 7) is -0.188. The molecule has 1 heterocycles. The molecule has 0 aliphatic carbocycles. The maximum atomic E-state index is 12.0. The first-order valence-electron chi connectivity index (χ1n) is 5.94. The molecule has 0 fully saturated rings. The molecular formula is C13H13NO5S2. The highest BCUT2D eigenvalue weighted by molar-refractivity contribution is 7.91. The van der Waals surface area contributed by atoms with E-state index in [0.29, 0.717) is 5.56 Å². The number of carboxylic acid groups (broad SMARTS) is 1. The van der Waals surface area contributed by atoms with Gasteiger partial charge in [-0.3, -0.25) is 0 Å². The monoisotopic (exact) mass is 327 g/mol. The molecule has 0 spiro atoms. The third-order valence-electron chi connectivity index (χ3n) is 2.74. The standard InChI is InChI=1S/C13H13NO5S2/c15-11(9-4-2-1-3-5-9)7-14-21(18,19)12-6-10(8-20-12)13(16)17/h1-6,8,11,14-15H,7H2,(H,16,17). The minimum atomic E-state index is -3.83. The van der Waals surface area contributed by atoms with Gasteiger partial charge in [0.25, 0.3) is 0 Å². The number of carboxylic acids is 1. The number of aliphatic hydroxyl groups is 1. The van der Waals surface area contributed by atoms with Gasteiger partial charge in [-0.05, 0) is 11.6 Å². The molecule has 0 saturated carbocycles. The lowest BCUT2D eigenvalue weighted by Gasteiger charge is -2.11. The van der Waals surface area contributed by atoms with Crippen molar-refractivity contribution in [3.63, 3.8) is 0 Å². The molecule has 21 heavy (non-hydrogen) atoms. The number of benzene rings is 1. The van der Waals surface area contributed by atoms with Crippen LogP contribution in [0.25, 0.3) is 0 Å². The Bertz CT molecular complexity index is 724. The molecule has 2 aromatic rings. The van der Waals surface area contributed by atoms with Crippen LogP contribution in [0.2, 0.25) is 0 Å². The van der Waals surface area contributed by atoms with Crippen LogP contribution in [0.1, 0.15) is 22.0 Å². The largest absolute Gasteiger partial charge is 0.478 e. The summed E-state index contributed by atoms with van der Waals surface area (Å²) in [7, 11) is -3.83. The molecule has 0 aliphatic heterocycles. The molecule has 0 bridgehead atoms. The third kappa shape index (κ3) is 3.88. The van der Waals surface area contributed by atoms with E-state index in [9.17, 15) is 18.3 Å². The van der Waals surface area contributed by atoms with E-state index in [2.05, 4.69) is 4.72 Å². The predicted molar refractivity (Wildman–Crippen MR) is 77.9 cm³/mol. The molecular weight excluding hydrogens is 314 g/mol. The molecule has 6 nitrogen and oxygen atoms in total. The summed E-state index contributed by atoms with van der Waals surface area (Å²) in [4.78, 5) is 10.7. The number of aliphatic hydroxyl groups excluding tert-OH is 1.